The molecule has 0 aromatic heterocycles. The molecule has 0 aromatic carbocycles. The lowest BCUT2D eigenvalue weighted by molar-refractivity contribution is -0.140. The summed E-state index contributed by atoms with van der Waals surface area (Å²) in [6.07, 6.45) is 6.49. The van der Waals surface area contributed by atoms with E-state index in [-0.39, 0.29) is 17.8 Å². The Morgan fingerprint density at radius 3 is 2.81 bits per heavy atom. The molecule has 4 aliphatic rings. The highest BCUT2D eigenvalue weighted by Crippen LogP contribution is 2.52. The number of carbonyl (C=O) groups excluding carboxylic acids is 1. The van der Waals surface area contributed by atoms with Gasteiger partial charge in [0, 0.05) is 25.4 Å². The van der Waals surface area contributed by atoms with E-state index in [2.05, 4.69) is 11.0 Å². The monoisotopic (exact) mass is 358 g/mol. The molecule has 0 saturated carbocycles. The second-order valence-corrected chi connectivity index (χ2v) is 7.59. The van der Waals surface area contributed by atoms with Crippen LogP contribution in [0.15, 0.2) is 23.2 Å². The van der Waals surface area contributed by atoms with Crippen LogP contribution in [0.4, 0.5) is 0 Å². The number of carbonyl (C=O) groups is 1. The van der Waals surface area contributed by atoms with E-state index in [4.69, 9.17) is 14.2 Å². The highest BCUT2D eigenvalue weighted by atomic mass is 16.5. The van der Waals surface area contributed by atoms with Gasteiger partial charge in [0.25, 0.3) is 0 Å². The summed E-state index contributed by atoms with van der Waals surface area (Å²) in [6, 6.07) is 2.66. The molecule has 2 saturated heterocycles. The summed E-state index contributed by atoms with van der Waals surface area (Å²) < 4.78 is 17.0. The molecule has 6 nitrogen and oxygen atoms in total. The molecule has 0 radical (unpaired) electrons. The Labute approximate surface area is 154 Å². The van der Waals surface area contributed by atoms with Crippen molar-refractivity contribution in [1.82, 2.24) is 4.90 Å². The van der Waals surface area contributed by atoms with Crippen molar-refractivity contribution in [1.29, 1.82) is 5.26 Å². The molecule has 6 heteroatoms. The minimum absolute atomic E-state index is 0.0312. The van der Waals surface area contributed by atoms with Crippen LogP contribution in [-0.4, -0.2) is 49.3 Å². The van der Waals surface area contributed by atoms with Crippen LogP contribution in [0.25, 0.3) is 0 Å². The zero-order valence-electron chi connectivity index (χ0n) is 15.3. The van der Waals surface area contributed by atoms with Crippen molar-refractivity contribution in [3.63, 3.8) is 0 Å². The quantitative estimate of drug-likeness (QED) is 0.671. The molecule has 0 spiro atoms. The van der Waals surface area contributed by atoms with Crippen molar-refractivity contribution >= 4 is 5.97 Å². The van der Waals surface area contributed by atoms with Gasteiger partial charge >= 0.3 is 5.97 Å². The molecule has 3 heterocycles. The highest BCUT2D eigenvalue weighted by molar-refractivity contribution is 5.91. The van der Waals surface area contributed by atoms with Gasteiger partial charge in [0.1, 0.15) is 17.1 Å². The Morgan fingerprint density at radius 1 is 1.23 bits per heavy atom. The number of allylic oxidation sites excluding steroid dienone is 2. The minimum Gasteiger partial charge on any atom is -0.465 e. The van der Waals surface area contributed by atoms with Crippen molar-refractivity contribution in [3.8, 4) is 6.07 Å². The number of hydrogen-bond acceptors (Lipinski definition) is 6. The first kappa shape index (κ1) is 17.6. The smallest absolute Gasteiger partial charge is 0.338 e. The van der Waals surface area contributed by atoms with Crippen LogP contribution >= 0.6 is 0 Å². The van der Waals surface area contributed by atoms with Gasteiger partial charge in [0.2, 0.25) is 0 Å². The van der Waals surface area contributed by atoms with E-state index in [9.17, 15) is 10.1 Å². The van der Waals surface area contributed by atoms with E-state index >= 15 is 0 Å². The Morgan fingerprint density at radius 2 is 2.04 bits per heavy atom. The molecule has 3 atom stereocenters. The first-order valence-corrected chi connectivity index (χ1v) is 9.67. The van der Waals surface area contributed by atoms with Crippen LogP contribution in [0, 0.1) is 23.2 Å². The molecule has 1 unspecified atom stereocenters. The predicted octanol–water partition coefficient (Wildman–Crippen LogP) is 2.52. The van der Waals surface area contributed by atoms with Gasteiger partial charge in [-0.3, -0.25) is 4.90 Å². The van der Waals surface area contributed by atoms with E-state index < -0.39 is 5.54 Å². The second-order valence-electron chi connectivity index (χ2n) is 7.59. The fourth-order valence-corrected chi connectivity index (χ4v) is 4.99. The van der Waals surface area contributed by atoms with Crippen LogP contribution in [0.2, 0.25) is 0 Å². The molecule has 4 rings (SSSR count). The van der Waals surface area contributed by atoms with Gasteiger partial charge < -0.3 is 14.2 Å². The molecule has 0 bridgehead atoms. The van der Waals surface area contributed by atoms with Gasteiger partial charge in [-0.15, -0.1) is 0 Å². The molecule has 3 aliphatic heterocycles. The summed E-state index contributed by atoms with van der Waals surface area (Å²) in [5.41, 5.74) is 0.00662. The number of nitriles is 1. The SMILES string of the molecule is CC1=C2C(=O)OCCCCC[C@@H]3[C@H]2C(=CCC3(C#N)N2CCOCC2)O1. The van der Waals surface area contributed by atoms with Crippen molar-refractivity contribution in [2.24, 2.45) is 11.8 Å². The maximum absolute atomic E-state index is 12.7. The van der Waals surface area contributed by atoms with Crippen LogP contribution in [0.1, 0.15) is 39.0 Å². The molecule has 26 heavy (non-hydrogen) atoms. The molecule has 0 N–H and O–H groups in total. The minimum atomic E-state index is -0.614. The summed E-state index contributed by atoms with van der Waals surface area (Å²) in [7, 11) is 0. The highest BCUT2D eigenvalue weighted by Gasteiger charge is 2.55. The molecule has 0 amide bonds. The van der Waals surface area contributed by atoms with Crippen molar-refractivity contribution in [3.05, 3.63) is 23.2 Å². The van der Waals surface area contributed by atoms with E-state index in [1.807, 2.05) is 13.0 Å². The third-order valence-corrected chi connectivity index (χ3v) is 6.28. The largest absolute Gasteiger partial charge is 0.465 e. The fourth-order valence-electron chi connectivity index (χ4n) is 4.99. The van der Waals surface area contributed by atoms with Crippen molar-refractivity contribution in [2.45, 2.75) is 44.6 Å². The number of nitrogens with zero attached hydrogens (tertiary/aromatic N) is 2. The first-order chi connectivity index (χ1) is 12.7. The van der Waals surface area contributed by atoms with Gasteiger partial charge in [-0.05, 0) is 25.8 Å². The lowest BCUT2D eigenvalue weighted by atomic mass is 9.65. The Bertz CT molecular complexity index is 686. The number of cyclic esters (lactones) is 1. The number of morpholine rings is 1. The molecule has 140 valence electrons. The number of ether oxygens (including phenoxy) is 3. The maximum atomic E-state index is 12.7. The Hall–Kier alpha value is -1.84. The lowest BCUT2D eigenvalue weighted by Gasteiger charge is -2.49. The second kappa shape index (κ2) is 7.05. The lowest BCUT2D eigenvalue weighted by Crippen LogP contribution is -2.59. The van der Waals surface area contributed by atoms with Gasteiger partial charge in [0.15, 0.2) is 0 Å². The van der Waals surface area contributed by atoms with E-state index in [1.165, 1.54) is 0 Å². The van der Waals surface area contributed by atoms with Gasteiger partial charge in [-0.2, -0.15) is 5.26 Å². The van der Waals surface area contributed by atoms with Crippen molar-refractivity contribution in [2.75, 3.05) is 32.9 Å². The fraction of sp³-hybridized carbons (Fsp3) is 0.700. The molecule has 1 aliphatic carbocycles. The van der Waals surface area contributed by atoms with E-state index in [0.717, 1.165) is 44.5 Å². The molecule has 2 fully saturated rings. The third-order valence-electron chi connectivity index (χ3n) is 6.28. The molecular formula is C20H26N2O4. The Kier molecular flexibility index (Phi) is 4.76. The average Bonchev–Trinajstić information content (AvgIpc) is 3.01. The summed E-state index contributed by atoms with van der Waals surface area (Å²) in [5.74, 6) is 1.05. The Balaban J connectivity index is 1.77. The van der Waals surface area contributed by atoms with Crippen LogP contribution in [-0.2, 0) is 19.0 Å². The van der Waals surface area contributed by atoms with Gasteiger partial charge in [-0.1, -0.05) is 12.8 Å². The van der Waals surface area contributed by atoms with E-state index in [0.29, 0.717) is 37.6 Å². The van der Waals surface area contributed by atoms with Gasteiger partial charge in [-0.25, -0.2) is 4.79 Å². The summed E-state index contributed by atoms with van der Waals surface area (Å²) in [4.78, 5) is 15.0. The first-order valence-electron chi connectivity index (χ1n) is 9.67. The normalized spacial score (nSPS) is 35.7. The van der Waals surface area contributed by atoms with E-state index in [1.54, 1.807) is 0 Å². The van der Waals surface area contributed by atoms with Crippen molar-refractivity contribution < 1.29 is 19.0 Å². The zero-order chi connectivity index (χ0) is 18.1. The molecular weight excluding hydrogens is 332 g/mol. The van der Waals surface area contributed by atoms with Crippen LogP contribution in [0.5, 0.6) is 0 Å². The van der Waals surface area contributed by atoms with Crippen LogP contribution in [0.3, 0.4) is 0 Å². The predicted molar refractivity (Wildman–Crippen MR) is 93.6 cm³/mol. The number of hydrogen-bond donors (Lipinski definition) is 0. The standard InChI is InChI=1S/C20H26N2O4/c1-14-17-18-15(5-3-2-4-10-25-19(17)23)20(13-21,7-6-16(18)26-14)22-8-11-24-12-9-22/h6,15,18H,2-5,7-12H2,1H3/t15-,18+,20?/m1/s1. The number of esters is 1. The number of rotatable bonds is 1. The maximum Gasteiger partial charge on any atom is 0.338 e. The topological polar surface area (TPSA) is 71.8 Å². The zero-order valence-corrected chi connectivity index (χ0v) is 15.3. The average molecular weight is 358 g/mol. The van der Waals surface area contributed by atoms with Crippen LogP contribution < -0.4 is 0 Å². The summed E-state index contributed by atoms with van der Waals surface area (Å²) in [6.45, 7) is 5.10. The summed E-state index contributed by atoms with van der Waals surface area (Å²) in [5, 5.41) is 10.3. The summed E-state index contributed by atoms with van der Waals surface area (Å²) >= 11 is 0. The molecule has 0 aromatic rings. The third kappa shape index (κ3) is 2.74. The van der Waals surface area contributed by atoms with Gasteiger partial charge in [0.05, 0.1) is 37.4 Å².